The van der Waals surface area contributed by atoms with Gasteiger partial charge in [-0.1, -0.05) is 19.8 Å². The molecule has 1 aliphatic carbocycles. The molecule has 0 amide bonds. The van der Waals surface area contributed by atoms with Crippen LogP contribution in [0.3, 0.4) is 0 Å². The highest BCUT2D eigenvalue weighted by Gasteiger charge is 2.29. The smallest absolute Gasteiger partial charge is 0.148 e. The number of rotatable bonds is 7. The molecule has 0 aromatic carbocycles. The average molecular weight is 293 g/mol. The maximum absolute atomic E-state index is 11.2. The Balaban J connectivity index is 2.42. The molecule has 3 unspecified atom stereocenters. The van der Waals surface area contributed by atoms with Gasteiger partial charge in [-0.05, 0) is 32.2 Å². The highest BCUT2D eigenvalue weighted by molar-refractivity contribution is 8.01. The topological polar surface area (TPSA) is 46.2 Å². The Kier molecular flexibility index (Phi) is 7.03. The fraction of sp³-hybridized carbons (Fsp3) is 1.00. The lowest BCUT2D eigenvalue weighted by Crippen LogP contribution is -2.41. The molecule has 1 saturated carbocycles. The van der Waals surface area contributed by atoms with Crippen LogP contribution >= 0.6 is 11.8 Å². The second kappa shape index (κ2) is 7.75. The van der Waals surface area contributed by atoms with Crippen LogP contribution < -0.4 is 5.32 Å². The molecule has 0 saturated heterocycles. The van der Waals surface area contributed by atoms with E-state index >= 15 is 0 Å². The van der Waals surface area contributed by atoms with Gasteiger partial charge in [0.2, 0.25) is 0 Å². The van der Waals surface area contributed by atoms with Gasteiger partial charge >= 0.3 is 0 Å². The molecule has 0 heterocycles. The lowest BCUT2D eigenvalue weighted by Gasteiger charge is -2.35. The zero-order valence-electron chi connectivity index (χ0n) is 11.8. The quantitative estimate of drug-likeness (QED) is 0.782. The van der Waals surface area contributed by atoms with Crippen molar-refractivity contribution in [2.24, 2.45) is 5.92 Å². The molecule has 0 bridgehead atoms. The van der Waals surface area contributed by atoms with E-state index in [-0.39, 0.29) is 0 Å². The van der Waals surface area contributed by atoms with E-state index in [1.54, 1.807) is 0 Å². The Labute approximate surface area is 116 Å². The van der Waals surface area contributed by atoms with Crippen LogP contribution in [-0.4, -0.2) is 44.5 Å². The molecule has 0 aliphatic heterocycles. The maximum Gasteiger partial charge on any atom is 0.148 e. The van der Waals surface area contributed by atoms with Gasteiger partial charge in [0, 0.05) is 23.3 Å². The second-order valence-corrected chi connectivity index (χ2v) is 9.01. The predicted octanol–water partition coefficient (Wildman–Crippen LogP) is 2.32. The molecule has 0 spiro atoms. The zero-order chi connectivity index (χ0) is 13.6. The van der Waals surface area contributed by atoms with Gasteiger partial charge in [0.1, 0.15) is 9.84 Å². The lowest BCUT2D eigenvalue weighted by molar-refractivity contribution is 0.295. The Morgan fingerprint density at radius 3 is 2.61 bits per heavy atom. The predicted molar refractivity (Wildman–Crippen MR) is 81.1 cm³/mol. The molecule has 0 radical (unpaired) electrons. The molecule has 1 rings (SSSR count). The maximum atomic E-state index is 11.2. The van der Waals surface area contributed by atoms with Gasteiger partial charge in [0.25, 0.3) is 0 Å². The third-order valence-corrected chi connectivity index (χ3v) is 6.35. The average Bonchev–Trinajstić information content (AvgIpc) is 2.28. The van der Waals surface area contributed by atoms with Crippen LogP contribution in [0.1, 0.15) is 39.0 Å². The van der Waals surface area contributed by atoms with Gasteiger partial charge < -0.3 is 5.32 Å². The van der Waals surface area contributed by atoms with Gasteiger partial charge in [0.05, 0.1) is 5.75 Å². The second-order valence-electron chi connectivity index (χ2n) is 5.40. The first-order valence-electron chi connectivity index (χ1n) is 6.92. The molecule has 18 heavy (non-hydrogen) atoms. The summed E-state index contributed by atoms with van der Waals surface area (Å²) in [5.74, 6) is 1.89. The Hall–Kier alpha value is 0.260. The third kappa shape index (κ3) is 5.93. The SMILES string of the molecule is CCCC1CCC(NC)C(SCCS(C)(=O)=O)C1. The molecule has 1 N–H and O–H groups in total. The van der Waals surface area contributed by atoms with Gasteiger partial charge in [-0.25, -0.2) is 8.42 Å². The Morgan fingerprint density at radius 1 is 1.33 bits per heavy atom. The van der Waals surface area contributed by atoms with Crippen LogP contribution in [0.15, 0.2) is 0 Å². The minimum Gasteiger partial charge on any atom is -0.316 e. The van der Waals surface area contributed by atoms with E-state index in [9.17, 15) is 8.42 Å². The summed E-state index contributed by atoms with van der Waals surface area (Å²) in [4.78, 5) is 0. The van der Waals surface area contributed by atoms with Crippen molar-refractivity contribution in [1.82, 2.24) is 5.32 Å². The number of sulfone groups is 1. The fourth-order valence-corrected chi connectivity index (χ4v) is 5.56. The van der Waals surface area contributed by atoms with Crippen molar-refractivity contribution in [3.63, 3.8) is 0 Å². The number of hydrogen-bond donors (Lipinski definition) is 1. The van der Waals surface area contributed by atoms with Crippen molar-refractivity contribution in [2.75, 3.05) is 24.8 Å². The molecule has 108 valence electrons. The van der Waals surface area contributed by atoms with E-state index in [1.165, 1.54) is 38.4 Å². The molecule has 3 nitrogen and oxygen atoms in total. The van der Waals surface area contributed by atoms with Crippen LogP contribution in [0.25, 0.3) is 0 Å². The largest absolute Gasteiger partial charge is 0.316 e. The minimum atomic E-state index is -2.81. The van der Waals surface area contributed by atoms with E-state index in [1.807, 2.05) is 18.8 Å². The summed E-state index contributed by atoms with van der Waals surface area (Å²) in [5.41, 5.74) is 0. The molecule has 1 aliphatic rings. The van der Waals surface area contributed by atoms with Crippen molar-refractivity contribution in [3.05, 3.63) is 0 Å². The molecular formula is C13H27NO2S2. The normalized spacial score (nSPS) is 29.4. The van der Waals surface area contributed by atoms with Gasteiger partial charge in [-0.3, -0.25) is 0 Å². The molecule has 1 fully saturated rings. The molecule has 5 heteroatoms. The molecule has 0 aromatic rings. The van der Waals surface area contributed by atoms with Crippen LogP contribution in [0.4, 0.5) is 0 Å². The number of hydrogen-bond acceptors (Lipinski definition) is 4. The highest BCUT2D eigenvalue weighted by Crippen LogP contribution is 2.34. The third-order valence-electron chi connectivity index (χ3n) is 3.75. The summed E-state index contributed by atoms with van der Waals surface area (Å²) in [6, 6.07) is 0.558. The lowest BCUT2D eigenvalue weighted by atomic mass is 9.83. The monoisotopic (exact) mass is 293 g/mol. The van der Waals surface area contributed by atoms with Gasteiger partial charge in [0.15, 0.2) is 0 Å². The van der Waals surface area contributed by atoms with Crippen molar-refractivity contribution in [2.45, 2.75) is 50.3 Å². The van der Waals surface area contributed by atoms with Crippen LogP contribution in [0.2, 0.25) is 0 Å². The summed E-state index contributed by atoms with van der Waals surface area (Å²) in [5, 5.41) is 3.98. The highest BCUT2D eigenvalue weighted by atomic mass is 32.2. The first-order chi connectivity index (χ1) is 8.46. The fourth-order valence-electron chi connectivity index (χ4n) is 2.75. The Bertz CT molecular complexity index is 330. The summed E-state index contributed by atoms with van der Waals surface area (Å²) < 4.78 is 22.3. The van der Waals surface area contributed by atoms with Crippen LogP contribution in [-0.2, 0) is 9.84 Å². The van der Waals surface area contributed by atoms with Crippen LogP contribution in [0.5, 0.6) is 0 Å². The van der Waals surface area contributed by atoms with E-state index in [0.29, 0.717) is 17.0 Å². The summed E-state index contributed by atoms with van der Waals surface area (Å²) in [7, 11) is -0.791. The van der Waals surface area contributed by atoms with E-state index < -0.39 is 9.84 Å². The number of thioether (sulfide) groups is 1. The zero-order valence-corrected chi connectivity index (χ0v) is 13.4. The number of nitrogens with one attached hydrogen (secondary N) is 1. The van der Waals surface area contributed by atoms with Gasteiger partial charge in [-0.2, -0.15) is 11.8 Å². The van der Waals surface area contributed by atoms with E-state index in [0.717, 1.165) is 11.7 Å². The van der Waals surface area contributed by atoms with Crippen molar-refractivity contribution in [1.29, 1.82) is 0 Å². The molecule has 0 aromatic heterocycles. The minimum absolute atomic E-state index is 0.309. The summed E-state index contributed by atoms with van der Waals surface area (Å²) in [6.45, 7) is 2.25. The first-order valence-corrected chi connectivity index (χ1v) is 10.0. The summed E-state index contributed by atoms with van der Waals surface area (Å²) in [6.07, 6.45) is 7.70. The van der Waals surface area contributed by atoms with Gasteiger partial charge in [-0.15, -0.1) is 0 Å². The van der Waals surface area contributed by atoms with Crippen molar-refractivity contribution < 1.29 is 8.42 Å². The van der Waals surface area contributed by atoms with Crippen LogP contribution in [0, 0.1) is 5.92 Å². The van der Waals surface area contributed by atoms with Crippen molar-refractivity contribution in [3.8, 4) is 0 Å². The van der Waals surface area contributed by atoms with E-state index in [2.05, 4.69) is 12.2 Å². The summed E-state index contributed by atoms with van der Waals surface area (Å²) >= 11 is 1.84. The first kappa shape index (κ1) is 16.3. The molecule has 3 atom stereocenters. The Morgan fingerprint density at radius 2 is 2.06 bits per heavy atom. The molecular weight excluding hydrogens is 266 g/mol. The van der Waals surface area contributed by atoms with Crippen molar-refractivity contribution >= 4 is 21.6 Å². The van der Waals surface area contributed by atoms with E-state index in [4.69, 9.17) is 0 Å². The standard InChI is InChI=1S/C13H27NO2S2/c1-4-5-11-6-7-12(14-2)13(10-11)17-8-9-18(3,15)16/h11-14H,4-10H2,1-3H3.